The van der Waals surface area contributed by atoms with Crippen molar-refractivity contribution in [2.75, 3.05) is 5.32 Å². The van der Waals surface area contributed by atoms with Crippen LogP contribution in [-0.2, 0) is 4.79 Å². The lowest BCUT2D eigenvalue weighted by Crippen LogP contribution is -2.45. The van der Waals surface area contributed by atoms with Crippen molar-refractivity contribution in [3.8, 4) is 5.82 Å². The molecule has 134 valence electrons. The molecule has 1 atom stereocenters. The van der Waals surface area contributed by atoms with Crippen LogP contribution in [0.3, 0.4) is 0 Å². The van der Waals surface area contributed by atoms with Crippen LogP contribution >= 0.6 is 0 Å². The molecule has 0 saturated carbocycles. The van der Waals surface area contributed by atoms with Gasteiger partial charge in [0.2, 0.25) is 5.91 Å². The molecule has 8 heteroatoms. The third-order valence-electron chi connectivity index (χ3n) is 4.35. The number of benzene rings is 1. The normalized spacial score (nSPS) is 14.2. The lowest BCUT2D eigenvalue weighted by atomic mass is 10.1. The van der Waals surface area contributed by atoms with Crippen LogP contribution in [-0.4, -0.2) is 43.4 Å². The lowest BCUT2D eigenvalue weighted by molar-refractivity contribution is -0.119. The SMILES string of the molecule is CC(C(=O)Nc1ccc(-n2cccn2)nc1)N1C(=O)c2ccccc2C1=O. The van der Waals surface area contributed by atoms with Crippen LogP contribution in [0.15, 0.2) is 61.1 Å². The van der Waals surface area contributed by atoms with Gasteiger partial charge in [-0.3, -0.25) is 19.3 Å². The number of nitrogens with one attached hydrogen (secondary N) is 1. The van der Waals surface area contributed by atoms with Gasteiger partial charge in [0.1, 0.15) is 6.04 Å². The van der Waals surface area contributed by atoms with Gasteiger partial charge in [-0.2, -0.15) is 5.10 Å². The summed E-state index contributed by atoms with van der Waals surface area (Å²) in [5, 5.41) is 6.76. The quantitative estimate of drug-likeness (QED) is 0.716. The van der Waals surface area contributed by atoms with Crippen LogP contribution in [0.4, 0.5) is 5.69 Å². The van der Waals surface area contributed by atoms with E-state index in [0.717, 1.165) is 4.90 Å². The van der Waals surface area contributed by atoms with Crippen molar-refractivity contribution in [2.45, 2.75) is 13.0 Å². The predicted octanol–water partition coefficient (Wildman–Crippen LogP) is 1.89. The highest BCUT2D eigenvalue weighted by molar-refractivity contribution is 6.23. The second-order valence-corrected chi connectivity index (χ2v) is 6.05. The Morgan fingerprint density at radius 2 is 1.74 bits per heavy atom. The number of imide groups is 1. The fraction of sp³-hybridized carbons (Fsp3) is 0.105. The van der Waals surface area contributed by atoms with E-state index in [0.29, 0.717) is 22.6 Å². The Morgan fingerprint density at radius 3 is 2.30 bits per heavy atom. The highest BCUT2D eigenvalue weighted by Gasteiger charge is 2.40. The summed E-state index contributed by atoms with van der Waals surface area (Å²) in [6.07, 6.45) is 4.88. The summed E-state index contributed by atoms with van der Waals surface area (Å²) in [6, 6.07) is 10.7. The van der Waals surface area contributed by atoms with E-state index in [-0.39, 0.29) is 0 Å². The summed E-state index contributed by atoms with van der Waals surface area (Å²) in [4.78, 5) is 42.7. The molecule has 2 aromatic heterocycles. The fourth-order valence-corrected chi connectivity index (χ4v) is 2.92. The Balaban J connectivity index is 1.49. The van der Waals surface area contributed by atoms with E-state index in [2.05, 4.69) is 15.4 Å². The smallest absolute Gasteiger partial charge is 0.262 e. The molecule has 3 aromatic rings. The molecule has 8 nitrogen and oxygen atoms in total. The highest BCUT2D eigenvalue weighted by atomic mass is 16.2. The number of carbonyl (C=O) groups excluding carboxylic acids is 3. The first-order chi connectivity index (χ1) is 13.1. The molecule has 1 aliphatic heterocycles. The van der Waals surface area contributed by atoms with Gasteiger partial charge in [-0.15, -0.1) is 0 Å². The van der Waals surface area contributed by atoms with Gasteiger partial charge in [-0.05, 0) is 37.3 Å². The zero-order valence-electron chi connectivity index (χ0n) is 14.4. The summed E-state index contributed by atoms with van der Waals surface area (Å²) in [7, 11) is 0. The number of rotatable bonds is 4. The van der Waals surface area contributed by atoms with E-state index >= 15 is 0 Å². The molecular formula is C19H15N5O3. The molecule has 0 aliphatic carbocycles. The molecule has 1 aromatic carbocycles. The van der Waals surface area contributed by atoms with Crippen LogP contribution in [0, 0.1) is 0 Å². The third kappa shape index (κ3) is 2.86. The van der Waals surface area contributed by atoms with Crippen molar-refractivity contribution in [3.63, 3.8) is 0 Å². The number of nitrogens with zero attached hydrogens (tertiary/aromatic N) is 4. The molecule has 0 radical (unpaired) electrons. The molecule has 1 aliphatic rings. The van der Waals surface area contributed by atoms with Crippen molar-refractivity contribution in [2.24, 2.45) is 0 Å². The summed E-state index contributed by atoms with van der Waals surface area (Å²) < 4.78 is 1.59. The van der Waals surface area contributed by atoms with Crippen LogP contribution in [0.2, 0.25) is 0 Å². The first kappa shape index (κ1) is 16.6. The monoisotopic (exact) mass is 361 g/mol. The summed E-state index contributed by atoms with van der Waals surface area (Å²) >= 11 is 0. The van der Waals surface area contributed by atoms with E-state index in [1.54, 1.807) is 59.5 Å². The Hall–Kier alpha value is -3.81. The average Bonchev–Trinajstić information content (AvgIpc) is 3.30. The molecule has 1 unspecified atom stereocenters. The van der Waals surface area contributed by atoms with E-state index < -0.39 is 23.8 Å². The number of fused-ring (bicyclic) bond motifs is 1. The number of hydrogen-bond acceptors (Lipinski definition) is 5. The van der Waals surface area contributed by atoms with Gasteiger partial charge in [-0.1, -0.05) is 12.1 Å². The number of aromatic nitrogens is 3. The minimum Gasteiger partial charge on any atom is -0.323 e. The minimum absolute atomic E-state index is 0.312. The number of amides is 3. The van der Waals surface area contributed by atoms with E-state index in [4.69, 9.17) is 0 Å². The molecule has 1 N–H and O–H groups in total. The number of hydrogen-bond donors (Lipinski definition) is 1. The van der Waals surface area contributed by atoms with E-state index in [9.17, 15) is 14.4 Å². The molecule has 0 saturated heterocycles. The van der Waals surface area contributed by atoms with Crippen molar-refractivity contribution in [3.05, 3.63) is 72.2 Å². The van der Waals surface area contributed by atoms with Gasteiger partial charge in [0.05, 0.1) is 23.0 Å². The van der Waals surface area contributed by atoms with Gasteiger partial charge in [-0.25, -0.2) is 9.67 Å². The predicted molar refractivity (Wildman–Crippen MR) is 96.4 cm³/mol. The van der Waals surface area contributed by atoms with Crippen molar-refractivity contribution in [1.82, 2.24) is 19.7 Å². The molecule has 0 spiro atoms. The van der Waals surface area contributed by atoms with Crippen LogP contribution in [0.25, 0.3) is 5.82 Å². The van der Waals surface area contributed by atoms with Crippen LogP contribution in [0.5, 0.6) is 0 Å². The van der Waals surface area contributed by atoms with Crippen LogP contribution in [0.1, 0.15) is 27.6 Å². The molecule has 0 fully saturated rings. The second kappa shape index (κ2) is 6.49. The molecule has 3 amide bonds. The van der Waals surface area contributed by atoms with Gasteiger partial charge in [0.15, 0.2) is 5.82 Å². The largest absolute Gasteiger partial charge is 0.323 e. The molecule has 3 heterocycles. The standard InChI is InChI=1S/C19H15N5O3/c1-12(24-18(26)14-5-2-3-6-15(14)19(24)27)17(25)22-13-7-8-16(20-11-13)23-10-4-9-21-23/h2-12H,1H3,(H,22,25). The Kier molecular flexibility index (Phi) is 4.00. The fourth-order valence-electron chi connectivity index (χ4n) is 2.92. The number of pyridine rings is 1. The third-order valence-corrected chi connectivity index (χ3v) is 4.35. The first-order valence-corrected chi connectivity index (χ1v) is 8.30. The summed E-state index contributed by atoms with van der Waals surface area (Å²) in [5.74, 6) is -0.805. The van der Waals surface area contributed by atoms with E-state index in [1.807, 2.05) is 0 Å². The highest BCUT2D eigenvalue weighted by Crippen LogP contribution is 2.25. The summed E-state index contributed by atoms with van der Waals surface area (Å²) in [6.45, 7) is 1.52. The average molecular weight is 361 g/mol. The van der Waals surface area contributed by atoms with Gasteiger partial charge in [0.25, 0.3) is 11.8 Å². The van der Waals surface area contributed by atoms with Gasteiger partial charge >= 0.3 is 0 Å². The summed E-state index contributed by atoms with van der Waals surface area (Å²) in [5.41, 5.74) is 1.08. The van der Waals surface area contributed by atoms with Crippen molar-refractivity contribution < 1.29 is 14.4 Å². The van der Waals surface area contributed by atoms with Crippen molar-refractivity contribution in [1.29, 1.82) is 0 Å². The topological polar surface area (TPSA) is 97.2 Å². The minimum atomic E-state index is -0.955. The Morgan fingerprint density at radius 1 is 1.04 bits per heavy atom. The zero-order chi connectivity index (χ0) is 19.0. The molecule has 4 rings (SSSR count). The van der Waals surface area contributed by atoms with Gasteiger partial charge < -0.3 is 5.32 Å². The number of anilines is 1. The van der Waals surface area contributed by atoms with Crippen molar-refractivity contribution >= 4 is 23.4 Å². The van der Waals surface area contributed by atoms with Gasteiger partial charge in [0, 0.05) is 12.4 Å². The maximum absolute atomic E-state index is 12.6. The zero-order valence-corrected chi connectivity index (χ0v) is 14.4. The Labute approximate surface area is 154 Å². The number of carbonyl (C=O) groups is 3. The Bertz CT molecular complexity index is 993. The second-order valence-electron chi connectivity index (χ2n) is 6.05. The lowest BCUT2D eigenvalue weighted by Gasteiger charge is -2.21. The maximum atomic E-state index is 12.6. The maximum Gasteiger partial charge on any atom is 0.262 e. The van der Waals surface area contributed by atoms with E-state index in [1.165, 1.54) is 13.1 Å². The molecule has 27 heavy (non-hydrogen) atoms. The first-order valence-electron chi connectivity index (χ1n) is 8.30. The molecular weight excluding hydrogens is 346 g/mol. The molecule has 0 bridgehead atoms. The van der Waals surface area contributed by atoms with Crippen LogP contribution < -0.4 is 5.32 Å².